The fraction of sp³-hybridized carbons (Fsp3) is 0.0833. The minimum absolute atomic E-state index is 0.331. The summed E-state index contributed by atoms with van der Waals surface area (Å²) in [6, 6.07) is 1.63. The molecule has 0 radical (unpaired) electrons. The van der Waals surface area contributed by atoms with Crippen LogP contribution in [-0.2, 0) is 0 Å². The number of carboxylic acid groups (broad SMARTS) is 1. The first kappa shape index (κ1) is 15.5. The average Bonchev–Trinajstić information content (AvgIpc) is 2.39. The van der Waals surface area contributed by atoms with E-state index in [0.717, 1.165) is 18.5 Å². The molecule has 0 bridgehead atoms. The molecule has 110 valence electrons. The SMILES string of the molecule is O=C(O)c1cc(-c2ncnc(C(F)F)c2Cl)c(F)cc1Cl. The Morgan fingerprint density at radius 1 is 1.24 bits per heavy atom. The van der Waals surface area contributed by atoms with Crippen LogP contribution in [0.15, 0.2) is 18.5 Å². The van der Waals surface area contributed by atoms with Gasteiger partial charge in [-0.2, -0.15) is 0 Å². The highest BCUT2D eigenvalue weighted by Gasteiger charge is 2.22. The third kappa shape index (κ3) is 2.93. The maximum Gasteiger partial charge on any atom is 0.337 e. The number of alkyl halides is 2. The van der Waals surface area contributed by atoms with Crippen molar-refractivity contribution in [3.05, 3.63) is 45.6 Å². The first-order valence-electron chi connectivity index (χ1n) is 5.34. The zero-order valence-electron chi connectivity index (χ0n) is 9.95. The second-order valence-corrected chi connectivity index (χ2v) is 4.62. The smallest absolute Gasteiger partial charge is 0.337 e. The number of aromatic carboxylic acids is 1. The van der Waals surface area contributed by atoms with E-state index in [0.29, 0.717) is 0 Å². The number of nitrogens with zero attached hydrogens (tertiary/aromatic N) is 2. The summed E-state index contributed by atoms with van der Waals surface area (Å²) in [6.45, 7) is 0. The summed E-state index contributed by atoms with van der Waals surface area (Å²) in [7, 11) is 0. The van der Waals surface area contributed by atoms with Crippen LogP contribution in [-0.4, -0.2) is 21.0 Å². The van der Waals surface area contributed by atoms with Crippen LogP contribution in [0.5, 0.6) is 0 Å². The average molecular weight is 337 g/mol. The van der Waals surface area contributed by atoms with Crippen LogP contribution in [0.25, 0.3) is 11.3 Å². The van der Waals surface area contributed by atoms with Crippen molar-refractivity contribution in [2.45, 2.75) is 6.43 Å². The van der Waals surface area contributed by atoms with Gasteiger partial charge in [-0.1, -0.05) is 23.2 Å². The highest BCUT2D eigenvalue weighted by Crippen LogP contribution is 2.35. The minimum Gasteiger partial charge on any atom is -0.478 e. The van der Waals surface area contributed by atoms with Crippen LogP contribution in [0.2, 0.25) is 10.0 Å². The molecule has 0 aliphatic rings. The summed E-state index contributed by atoms with van der Waals surface area (Å²) >= 11 is 11.3. The molecule has 0 aliphatic carbocycles. The van der Waals surface area contributed by atoms with Crippen molar-refractivity contribution in [3.63, 3.8) is 0 Å². The Morgan fingerprint density at radius 2 is 1.90 bits per heavy atom. The molecular weight excluding hydrogens is 332 g/mol. The van der Waals surface area contributed by atoms with Crippen LogP contribution < -0.4 is 0 Å². The second-order valence-electron chi connectivity index (χ2n) is 3.84. The van der Waals surface area contributed by atoms with Gasteiger partial charge in [0.2, 0.25) is 0 Å². The van der Waals surface area contributed by atoms with Crippen molar-refractivity contribution >= 4 is 29.2 Å². The van der Waals surface area contributed by atoms with Crippen LogP contribution in [0.3, 0.4) is 0 Å². The van der Waals surface area contributed by atoms with Gasteiger partial charge in [-0.05, 0) is 12.1 Å². The van der Waals surface area contributed by atoms with Gasteiger partial charge in [0.15, 0.2) is 0 Å². The first-order chi connectivity index (χ1) is 9.82. The fourth-order valence-electron chi connectivity index (χ4n) is 1.62. The summed E-state index contributed by atoms with van der Waals surface area (Å²) in [5, 5.41) is 8.07. The van der Waals surface area contributed by atoms with Gasteiger partial charge in [0.1, 0.15) is 17.8 Å². The van der Waals surface area contributed by atoms with Gasteiger partial charge in [0.25, 0.3) is 6.43 Å². The second kappa shape index (κ2) is 5.87. The summed E-state index contributed by atoms with van der Waals surface area (Å²) in [5.41, 5.74) is -1.86. The molecule has 1 aromatic carbocycles. The molecule has 0 saturated carbocycles. The summed E-state index contributed by atoms with van der Waals surface area (Å²) < 4.78 is 39.3. The maximum absolute atomic E-state index is 13.9. The predicted molar refractivity (Wildman–Crippen MR) is 69.4 cm³/mol. The van der Waals surface area contributed by atoms with Crippen molar-refractivity contribution in [1.29, 1.82) is 0 Å². The highest BCUT2D eigenvalue weighted by molar-refractivity contribution is 6.34. The predicted octanol–water partition coefficient (Wildman–Crippen LogP) is 4.23. The van der Waals surface area contributed by atoms with Gasteiger partial charge in [-0.25, -0.2) is 27.9 Å². The molecule has 0 unspecified atom stereocenters. The molecule has 0 aliphatic heterocycles. The third-order valence-corrected chi connectivity index (χ3v) is 3.25. The van der Waals surface area contributed by atoms with Crippen LogP contribution in [0.4, 0.5) is 13.2 Å². The lowest BCUT2D eigenvalue weighted by atomic mass is 10.1. The molecule has 0 atom stereocenters. The van der Waals surface area contributed by atoms with E-state index in [-0.39, 0.29) is 16.3 Å². The monoisotopic (exact) mass is 336 g/mol. The maximum atomic E-state index is 13.9. The van der Waals surface area contributed by atoms with Crippen molar-refractivity contribution in [2.24, 2.45) is 0 Å². The van der Waals surface area contributed by atoms with E-state index in [9.17, 15) is 18.0 Å². The molecule has 2 rings (SSSR count). The van der Waals surface area contributed by atoms with E-state index < -0.39 is 34.5 Å². The molecule has 1 aromatic heterocycles. The Bertz CT molecular complexity index is 726. The van der Waals surface area contributed by atoms with Crippen LogP contribution >= 0.6 is 23.2 Å². The van der Waals surface area contributed by atoms with Gasteiger partial charge in [-0.3, -0.25) is 0 Å². The first-order valence-corrected chi connectivity index (χ1v) is 6.09. The lowest BCUT2D eigenvalue weighted by Gasteiger charge is -2.09. The standard InChI is InChI=1S/C12H5Cl2F3N2O2/c13-6-2-7(15)5(1-4(6)12(20)21)9-8(14)10(11(16)17)19-3-18-9/h1-3,11H,(H,20,21). The summed E-state index contributed by atoms with van der Waals surface area (Å²) in [6.07, 6.45) is -2.19. The molecule has 1 N–H and O–H groups in total. The Kier molecular flexibility index (Phi) is 4.34. The quantitative estimate of drug-likeness (QED) is 0.911. The van der Waals surface area contributed by atoms with E-state index in [1.54, 1.807) is 0 Å². The van der Waals surface area contributed by atoms with E-state index in [1.807, 2.05) is 0 Å². The zero-order chi connectivity index (χ0) is 15.7. The van der Waals surface area contributed by atoms with Gasteiger partial charge in [-0.15, -0.1) is 0 Å². The lowest BCUT2D eigenvalue weighted by Crippen LogP contribution is -2.02. The van der Waals surface area contributed by atoms with Crippen LogP contribution in [0, 0.1) is 5.82 Å². The van der Waals surface area contributed by atoms with Crippen molar-refractivity contribution in [3.8, 4) is 11.3 Å². The number of benzene rings is 1. The number of halogens is 5. The van der Waals surface area contributed by atoms with E-state index in [2.05, 4.69) is 9.97 Å². The Hall–Kier alpha value is -1.86. The van der Waals surface area contributed by atoms with Gasteiger partial charge in [0, 0.05) is 5.56 Å². The molecule has 0 fully saturated rings. The molecule has 0 spiro atoms. The number of hydrogen-bond donors (Lipinski definition) is 1. The van der Waals surface area contributed by atoms with Gasteiger partial charge < -0.3 is 5.11 Å². The zero-order valence-corrected chi connectivity index (χ0v) is 11.5. The Morgan fingerprint density at radius 3 is 2.48 bits per heavy atom. The molecule has 0 saturated heterocycles. The molecule has 0 amide bonds. The Balaban J connectivity index is 2.70. The number of hydrogen-bond acceptors (Lipinski definition) is 3. The number of rotatable bonds is 3. The van der Waals surface area contributed by atoms with Crippen molar-refractivity contribution in [1.82, 2.24) is 9.97 Å². The number of aromatic nitrogens is 2. The minimum atomic E-state index is -2.98. The van der Waals surface area contributed by atoms with E-state index in [1.165, 1.54) is 0 Å². The molecule has 9 heteroatoms. The normalized spacial score (nSPS) is 11.0. The van der Waals surface area contributed by atoms with E-state index in [4.69, 9.17) is 28.3 Å². The van der Waals surface area contributed by atoms with Gasteiger partial charge >= 0.3 is 5.97 Å². The van der Waals surface area contributed by atoms with Gasteiger partial charge in [0.05, 0.1) is 21.3 Å². The Labute approximate surface area is 126 Å². The highest BCUT2D eigenvalue weighted by atomic mass is 35.5. The molecule has 1 heterocycles. The molecule has 4 nitrogen and oxygen atoms in total. The van der Waals surface area contributed by atoms with Crippen molar-refractivity contribution in [2.75, 3.05) is 0 Å². The fourth-order valence-corrected chi connectivity index (χ4v) is 2.13. The van der Waals surface area contributed by atoms with E-state index >= 15 is 0 Å². The van der Waals surface area contributed by atoms with Crippen molar-refractivity contribution < 1.29 is 23.1 Å². The molecule has 2 aromatic rings. The number of carbonyl (C=O) groups is 1. The topological polar surface area (TPSA) is 63.1 Å². The lowest BCUT2D eigenvalue weighted by molar-refractivity contribution is 0.0697. The van der Waals surface area contributed by atoms with Crippen LogP contribution in [0.1, 0.15) is 22.5 Å². The third-order valence-electron chi connectivity index (χ3n) is 2.57. The molecular formula is C12H5Cl2F3N2O2. The summed E-state index contributed by atoms with van der Waals surface area (Å²) in [5.74, 6) is -2.34. The summed E-state index contributed by atoms with van der Waals surface area (Å²) in [4.78, 5) is 17.9. The molecule has 21 heavy (non-hydrogen) atoms. The number of carboxylic acids is 1. The largest absolute Gasteiger partial charge is 0.478 e.